The van der Waals surface area contributed by atoms with E-state index in [1.165, 1.54) is 18.7 Å². The van der Waals surface area contributed by atoms with Gasteiger partial charge in [-0.1, -0.05) is 35.0 Å². The predicted octanol–water partition coefficient (Wildman–Crippen LogP) is 1.54. The molecule has 0 saturated carbocycles. The molecule has 0 atom stereocenters. The van der Waals surface area contributed by atoms with Crippen molar-refractivity contribution in [1.29, 1.82) is 0 Å². The summed E-state index contributed by atoms with van der Waals surface area (Å²) in [7, 11) is 0. The molecule has 130 valence electrons. The third-order valence-corrected chi connectivity index (χ3v) is 5.88. The molecule has 6 heteroatoms. The van der Waals surface area contributed by atoms with Gasteiger partial charge in [-0.05, 0) is 23.6 Å². The van der Waals surface area contributed by atoms with Gasteiger partial charge in [0.1, 0.15) is 45.0 Å². The third-order valence-electron chi connectivity index (χ3n) is 4.76. The molecule has 3 aromatic rings. The summed E-state index contributed by atoms with van der Waals surface area (Å²) >= 11 is 7.77. The van der Waals surface area contributed by atoms with Crippen molar-refractivity contribution in [2.75, 3.05) is 26.2 Å². The fraction of sp³-hybridized carbons (Fsp3) is 0.316. The summed E-state index contributed by atoms with van der Waals surface area (Å²) in [5, 5.41) is 7.14. The average Bonchev–Trinajstić information content (AvgIpc) is 3.28. The monoisotopic (exact) mass is 375 g/mol. The van der Waals surface area contributed by atoms with Gasteiger partial charge in [0, 0.05) is 16.7 Å². The number of aromatic nitrogens is 1. The molecule has 1 aliphatic heterocycles. The second kappa shape index (κ2) is 7.70. The zero-order valence-corrected chi connectivity index (χ0v) is 15.6. The lowest BCUT2D eigenvalue weighted by molar-refractivity contribution is -1.02. The van der Waals surface area contributed by atoms with Crippen LogP contribution in [0.2, 0.25) is 5.02 Å². The Kier molecular flexibility index (Phi) is 5.17. The van der Waals surface area contributed by atoms with Crippen molar-refractivity contribution >= 4 is 22.9 Å². The molecule has 1 aromatic carbocycles. The van der Waals surface area contributed by atoms with Crippen LogP contribution in [0.4, 0.5) is 0 Å². The van der Waals surface area contributed by atoms with E-state index in [0.717, 1.165) is 47.5 Å². The molecule has 2 aromatic heterocycles. The van der Waals surface area contributed by atoms with E-state index in [4.69, 9.17) is 16.1 Å². The van der Waals surface area contributed by atoms with Crippen LogP contribution in [0.15, 0.2) is 52.4 Å². The first-order valence-electron chi connectivity index (χ1n) is 8.67. The number of rotatable bonds is 5. The molecule has 0 radical (unpaired) electrons. The molecule has 3 heterocycles. The SMILES string of the molecule is Clc1cccc(C[NH+]2CC[NH+](Cc3cc(-c4cccs4)on3)CC2)c1. The van der Waals surface area contributed by atoms with Gasteiger partial charge < -0.3 is 14.3 Å². The third kappa shape index (κ3) is 4.30. The van der Waals surface area contributed by atoms with Crippen LogP contribution in [-0.4, -0.2) is 31.3 Å². The summed E-state index contributed by atoms with van der Waals surface area (Å²) in [6.45, 7) is 6.68. The summed E-state index contributed by atoms with van der Waals surface area (Å²) in [6, 6.07) is 14.4. The summed E-state index contributed by atoms with van der Waals surface area (Å²) in [4.78, 5) is 4.36. The smallest absolute Gasteiger partial charge is 0.177 e. The van der Waals surface area contributed by atoms with Crippen molar-refractivity contribution in [3.63, 3.8) is 0 Å². The highest BCUT2D eigenvalue weighted by Crippen LogP contribution is 2.24. The molecular weight excluding hydrogens is 354 g/mol. The van der Waals surface area contributed by atoms with Crippen molar-refractivity contribution in [3.8, 4) is 10.6 Å². The van der Waals surface area contributed by atoms with Crippen molar-refractivity contribution < 1.29 is 14.3 Å². The van der Waals surface area contributed by atoms with E-state index < -0.39 is 0 Å². The molecule has 25 heavy (non-hydrogen) atoms. The van der Waals surface area contributed by atoms with Crippen LogP contribution in [-0.2, 0) is 13.1 Å². The minimum atomic E-state index is 0.828. The Morgan fingerprint density at radius 2 is 1.80 bits per heavy atom. The Morgan fingerprint density at radius 1 is 1.00 bits per heavy atom. The number of piperazine rings is 1. The number of quaternary nitrogens is 2. The van der Waals surface area contributed by atoms with Crippen LogP contribution in [0.3, 0.4) is 0 Å². The van der Waals surface area contributed by atoms with Gasteiger partial charge in [0.05, 0.1) is 4.88 Å². The first-order valence-corrected chi connectivity index (χ1v) is 9.93. The minimum Gasteiger partial charge on any atom is -0.355 e. The standard InChI is InChI=1S/C19H20ClN3OS/c20-16-4-1-3-15(11-16)13-22-6-8-23(9-7-22)14-17-12-18(24-21-17)19-5-2-10-25-19/h1-5,10-12H,6-9,13-14H2/p+2. The second-order valence-corrected chi connectivity index (χ2v) is 8.03. The molecule has 0 unspecified atom stereocenters. The van der Waals surface area contributed by atoms with E-state index >= 15 is 0 Å². The van der Waals surface area contributed by atoms with Crippen LogP contribution in [0.1, 0.15) is 11.3 Å². The van der Waals surface area contributed by atoms with E-state index in [1.54, 1.807) is 21.1 Å². The van der Waals surface area contributed by atoms with Gasteiger partial charge >= 0.3 is 0 Å². The second-order valence-electron chi connectivity index (χ2n) is 6.64. The van der Waals surface area contributed by atoms with Gasteiger partial charge in [-0.2, -0.15) is 0 Å². The highest BCUT2D eigenvalue weighted by molar-refractivity contribution is 7.13. The minimum absolute atomic E-state index is 0.828. The quantitative estimate of drug-likeness (QED) is 0.709. The molecule has 4 rings (SSSR count). The number of benzene rings is 1. The number of nitrogens with one attached hydrogen (secondary N) is 2. The summed E-state index contributed by atoms with van der Waals surface area (Å²) in [6.07, 6.45) is 0. The molecule has 1 saturated heterocycles. The van der Waals surface area contributed by atoms with Crippen LogP contribution in [0, 0.1) is 0 Å². The van der Waals surface area contributed by atoms with Gasteiger partial charge in [0.2, 0.25) is 0 Å². The van der Waals surface area contributed by atoms with E-state index in [0.29, 0.717) is 0 Å². The molecule has 2 N–H and O–H groups in total. The molecule has 1 aliphatic rings. The first kappa shape index (κ1) is 16.8. The Bertz CT molecular complexity index is 810. The lowest BCUT2D eigenvalue weighted by atomic mass is 10.2. The maximum absolute atomic E-state index is 6.09. The highest BCUT2D eigenvalue weighted by Gasteiger charge is 2.24. The molecular formula is C19H22ClN3OS+2. The summed E-state index contributed by atoms with van der Waals surface area (Å²) < 4.78 is 5.49. The molecule has 0 spiro atoms. The van der Waals surface area contributed by atoms with Gasteiger partial charge in [0.15, 0.2) is 5.76 Å². The van der Waals surface area contributed by atoms with Crippen molar-refractivity contribution in [2.24, 2.45) is 0 Å². The van der Waals surface area contributed by atoms with E-state index in [-0.39, 0.29) is 0 Å². The maximum Gasteiger partial charge on any atom is 0.177 e. The first-order chi connectivity index (χ1) is 12.3. The molecule has 1 fully saturated rings. The largest absolute Gasteiger partial charge is 0.355 e. The summed E-state index contributed by atoms with van der Waals surface area (Å²) in [5.41, 5.74) is 2.37. The fourth-order valence-electron chi connectivity index (χ4n) is 3.43. The van der Waals surface area contributed by atoms with Crippen molar-refractivity contribution in [3.05, 3.63) is 64.1 Å². The van der Waals surface area contributed by atoms with Gasteiger partial charge in [0.25, 0.3) is 0 Å². The Balaban J connectivity index is 1.29. The number of hydrogen-bond donors (Lipinski definition) is 2. The average molecular weight is 376 g/mol. The summed E-state index contributed by atoms with van der Waals surface area (Å²) in [5.74, 6) is 0.884. The van der Waals surface area contributed by atoms with Crippen LogP contribution >= 0.6 is 22.9 Å². The van der Waals surface area contributed by atoms with Crippen LogP contribution in [0.5, 0.6) is 0 Å². The van der Waals surface area contributed by atoms with E-state index in [1.807, 2.05) is 18.2 Å². The van der Waals surface area contributed by atoms with Crippen molar-refractivity contribution in [2.45, 2.75) is 13.1 Å². The van der Waals surface area contributed by atoms with E-state index in [9.17, 15) is 0 Å². The number of hydrogen-bond acceptors (Lipinski definition) is 3. The van der Waals surface area contributed by atoms with Crippen molar-refractivity contribution in [1.82, 2.24) is 5.16 Å². The number of halogens is 1. The lowest BCUT2D eigenvalue weighted by Gasteiger charge is -2.29. The number of nitrogens with zero attached hydrogens (tertiary/aromatic N) is 1. The van der Waals surface area contributed by atoms with Gasteiger partial charge in [-0.3, -0.25) is 0 Å². The van der Waals surface area contributed by atoms with Gasteiger partial charge in [-0.25, -0.2) is 0 Å². The van der Waals surface area contributed by atoms with Crippen LogP contribution in [0.25, 0.3) is 10.6 Å². The van der Waals surface area contributed by atoms with E-state index in [2.05, 4.69) is 34.8 Å². The Morgan fingerprint density at radius 3 is 2.52 bits per heavy atom. The maximum atomic E-state index is 6.09. The number of thiophene rings is 1. The van der Waals surface area contributed by atoms with Gasteiger partial charge in [-0.15, -0.1) is 11.3 Å². The lowest BCUT2D eigenvalue weighted by Crippen LogP contribution is -3.27. The topological polar surface area (TPSA) is 34.9 Å². The van der Waals surface area contributed by atoms with Crippen LogP contribution < -0.4 is 9.80 Å². The molecule has 0 aliphatic carbocycles. The zero-order valence-electron chi connectivity index (χ0n) is 14.0. The Hall–Kier alpha value is -1.66. The molecule has 4 nitrogen and oxygen atoms in total. The fourth-order valence-corrected chi connectivity index (χ4v) is 4.32. The normalized spacial score (nSPS) is 20.7. The molecule has 0 amide bonds. The molecule has 0 bridgehead atoms. The highest BCUT2D eigenvalue weighted by atomic mass is 35.5. The predicted molar refractivity (Wildman–Crippen MR) is 100 cm³/mol. The zero-order chi connectivity index (χ0) is 17.1. The Labute approximate surface area is 156 Å².